The maximum Gasteiger partial charge on any atom is 0.416 e. The van der Waals surface area contributed by atoms with Crippen molar-refractivity contribution in [3.63, 3.8) is 0 Å². The summed E-state index contributed by atoms with van der Waals surface area (Å²) in [5.74, 6) is 5.85. The van der Waals surface area contributed by atoms with Gasteiger partial charge in [-0.05, 0) is 111 Å². The molecule has 1 saturated carbocycles. The number of carboxylic acids is 1. The number of aromatic nitrogens is 3. The number of carboxylic acid groups (broad SMARTS) is 1. The summed E-state index contributed by atoms with van der Waals surface area (Å²) in [6.45, 7) is 7.64. The number of benzene rings is 1. The monoisotopic (exact) mass is 707 g/mol. The highest BCUT2D eigenvalue weighted by molar-refractivity contribution is 7.71. The van der Waals surface area contributed by atoms with Crippen molar-refractivity contribution in [1.82, 2.24) is 24.8 Å². The Hall–Kier alpha value is -4.47. The molecule has 1 aromatic carbocycles. The summed E-state index contributed by atoms with van der Waals surface area (Å²) < 4.78 is 43.4. The third-order valence-corrected chi connectivity index (χ3v) is 8.49. The van der Waals surface area contributed by atoms with Gasteiger partial charge in [-0.25, -0.2) is 4.98 Å². The van der Waals surface area contributed by atoms with E-state index in [0.717, 1.165) is 53.4 Å². The lowest BCUT2D eigenvalue weighted by Crippen LogP contribution is -2.34. The van der Waals surface area contributed by atoms with Crippen molar-refractivity contribution >= 4 is 35.0 Å². The zero-order valence-corrected chi connectivity index (χ0v) is 30.1. The molecule has 12 heteroatoms. The van der Waals surface area contributed by atoms with Crippen molar-refractivity contribution in [3.8, 4) is 23.0 Å². The largest absolute Gasteiger partial charge is 0.481 e. The normalized spacial score (nSPS) is 13.4. The van der Waals surface area contributed by atoms with Crippen LogP contribution in [0.3, 0.4) is 0 Å². The van der Waals surface area contributed by atoms with Gasteiger partial charge in [0.2, 0.25) is 5.91 Å². The Balaban J connectivity index is 0.00000133. The van der Waals surface area contributed by atoms with E-state index in [0.29, 0.717) is 30.3 Å². The fourth-order valence-electron chi connectivity index (χ4n) is 5.65. The van der Waals surface area contributed by atoms with Crippen LogP contribution in [0.15, 0.2) is 48.8 Å². The Morgan fingerprint density at radius 1 is 1.18 bits per heavy atom. The van der Waals surface area contributed by atoms with Crippen LogP contribution in [0, 0.1) is 35.2 Å². The number of nitrogens with zero attached hydrogens (tertiary/aromatic N) is 3. The van der Waals surface area contributed by atoms with E-state index in [9.17, 15) is 18.0 Å². The second-order valence-electron chi connectivity index (χ2n) is 13.4. The molecule has 3 heterocycles. The summed E-state index contributed by atoms with van der Waals surface area (Å²) in [7, 11) is 3.62. The van der Waals surface area contributed by atoms with Gasteiger partial charge in [0, 0.05) is 42.7 Å². The second kappa shape index (κ2) is 16.5. The summed E-state index contributed by atoms with van der Waals surface area (Å²) in [6, 6.07) is 10.3. The maximum atomic E-state index is 14.0. The highest BCUT2D eigenvalue weighted by atomic mass is 32.1. The molecule has 1 atom stereocenters. The summed E-state index contributed by atoms with van der Waals surface area (Å²) in [5, 5.41) is 11.5. The first-order valence-corrected chi connectivity index (χ1v) is 17.0. The molecule has 1 fully saturated rings. The van der Waals surface area contributed by atoms with Crippen molar-refractivity contribution in [2.75, 3.05) is 20.6 Å². The molecule has 5 rings (SSSR count). The van der Waals surface area contributed by atoms with Gasteiger partial charge in [0.05, 0.1) is 17.8 Å². The second-order valence-corrected chi connectivity index (χ2v) is 13.8. The van der Waals surface area contributed by atoms with Gasteiger partial charge in [-0.15, -0.1) is 0 Å². The first kappa shape index (κ1) is 38.3. The van der Waals surface area contributed by atoms with Crippen LogP contribution in [-0.2, 0) is 28.7 Å². The molecule has 3 aromatic heterocycles. The molecular formula is C38H44F3N5O3S. The van der Waals surface area contributed by atoms with E-state index < -0.39 is 23.8 Å². The number of aliphatic carboxylic acids is 1. The zero-order valence-electron chi connectivity index (χ0n) is 29.2. The lowest BCUT2D eigenvalue weighted by molar-refractivity contribution is -0.138. The van der Waals surface area contributed by atoms with Crippen LogP contribution in [-0.4, -0.2) is 57.1 Å². The third-order valence-electron chi connectivity index (χ3n) is 8.17. The van der Waals surface area contributed by atoms with Crippen LogP contribution < -0.4 is 5.32 Å². The Bertz CT molecular complexity index is 1960. The van der Waals surface area contributed by atoms with Gasteiger partial charge in [0.25, 0.3) is 5.97 Å². The summed E-state index contributed by atoms with van der Waals surface area (Å²) in [5.41, 5.74) is 4.78. The van der Waals surface area contributed by atoms with E-state index in [4.69, 9.17) is 27.1 Å². The topological polar surface area (TPSA) is 103 Å². The van der Waals surface area contributed by atoms with E-state index in [1.54, 1.807) is 0 Å². The molecule has 0 saturated heterocycles. The first-order valence-electron chi connectivity index (χ1n) is 16.6. The Morgan fingerprint density at radius 2 is 1.88 bits per heavy atom. The fraction of sp³-hybridized carbons (Fsp3) is 0.421. The number of hydrogen-bond donors (Lipinski definition) is 3. The van der Waals surface area contributed by atoms with Crippen molar-refractivity contribution in [2.24, 2.45) is 11.8 Å². The average Bonchev–Trinajstić information content (AvgIpc) is 3.74. The van der Waals surface area contributed by atoms with Gasteiger partial charge in [-0.1, -0.05) is 38.1 Å². The van der Waals surface area contributed by atoms with Gasteiger partial charge in [0.15, 0.2) is 0 Å². The predicted molar refractivity (Wildman–Crippen MR) is 192 cm³/mol. The number of alkyl halides is 3. The molecule has 1 aliphatic carbocycles. The Morgan fingerprint density at radius 3 is 2.50 bits per heavy atom. The number of carbonyl (C=O) groups is 2. The van der Waals surface area contributed by atoms with Crippen LogP contribution in [0.25, 0.3) is 22.0 Å². The standard InChI is InChI=1S/C36H40F3N5OS.C2H4O2/c1-22(2)16-32(44-21-25(13-15-43(4)5)30(19-33(44)46)36(37,38)39)35(45)41-20-28-18-26(17-27(42-28)10-9-24-7-8-24)34-23(3)6-11-31-29(34)12-14-40-31;1-2(3)4/h6,11-12,14,17-19,21-22,24,32,40H,7-8,13,15-16,20H2,1-5H3,(H,41,45);1H3,(H,3,4). The highest BCUT2D eigenvalue weighted by Crippen LogP contribution is 2.35. The predicted octanol–water partition coefficient (Wildman–Crippen LogP) is 7.95. The van der Waals surface area contributed by atoms with Gasteiger partial charge < -0.3 is 24.9 Å². The fourth-order valence-corrected chi connectivity index (χ4v) is 5.95. The Labute approximate surface area is 296 Å². The minimum Gasteiger partial charge on any atom is -0.481 e. The zero-order chi connectivity index (χ0) is 36.7. The number of amides is 1. The van der Waals surface area contributed by atoms with Crippen LogP contribution in [0.1, 0.15) is 74.2 Å². The van der Waals surface area contributed by atoms with E-state index in [2.05, 4.69) is 41.2 Å². The van der Waals surface area contributed by atoms with Gasteiger partial charge in [-0.2, -0.15) is 13.2 Å². The lowest BCUT2D eigenvalue weighted by Gasteiger charge is -2.25. The van der Waals surface area contributed by atoms with E-state index in [1.807, 2.05) is 57.2 Å². The van der Waals surface area contributed by atoms with E-state index >= 15 is 0 Å². The van der Waals surface area contributed by atoms with Gasteiger partial charge in [0.1, 0.15) is 16.4 Å². The van der Waals surface area contributed by atoms with Crippen molar-refractivity contribution in [3.05, 3.63) is 81.5 Å². The van der Waals surface area contributed by atoms with Crippen molar-refractivity contribution in [1.29, 1.82) is 0 Å². The average molecular weight is 708 g/mol. The van der Waals surface area contributed by atoms with E-state index in [-0.39, 0.29) is 35.0 Å². The van der Waals surface area contributed by atoms with Crippen LogP contribution in [0.2, 0.25) is 0 Å². The molecule has 4 aromatic rings. The summed E-state index contributed by atoms with van der Waals surface area (Å²) >= 11 is 5.46. The highest BCUT2D eigenvalue weighted by Gasteiger charge is 2.35. The number of likely N-dealkylation sites (N-methyl/N-ethyl adjacent to an activating group) is 1. The quantitative estimate of drug-likeness (QED) is 0.114. The van der Waals surface area contributed by atoms with Crippen molar-refractivity contribution < 1.29 is 27.9 Å². The maximum absolute atomic E-state index is 14.0. The molecule has 1 aliphatic rings. The van der Waals surface area contributed by atoms with Crippen molar-refractivity contribution in [2.45, 2.75) is 72.1 Å². The molecule has 1 unspecified atom stereocenters. The van der Waals surface area contributed by atoms with Crippen LogP contribution in [0.5, 0.6) is 0 Å². The van der Waals surface area contributed by atoms with Gasteiger partial charge in [-0.3, -0.25) is 9.59 Å². The number of aryl methyl sites for hydroxylation is 1. The smallest absolute Gasteiger partial charge is 0.416 e. The number of fused-ring (bicyclic) bond motifs is 1. The lowest BCUT2D eigenvalue weighted by atomic mass is 9.96. The summed E-state index contributed by atoms with van der Waals surface area (Å²) in [6.07, 6.45) is 1.55. The Kier molecular flexibility index (Phi) is 12.6. The first-order chi connectivity index (χ1) is 23.5. The molecule has 3 N–H and O–H groups in total. The number of hydrogen-bond acceptors (Lipinski definition) is 5. The van der Waals surface area contributed by atoms with Crippen LogP contribution in [0.4, 0.5) is 13.2 Å². The number of rotatable bonds is 10. The SMILES string of the molecule is CC(=O)O.Cc1ccc2[nH]ccc2c1-c1cc(C#CC2CC2)nc(CNC(=O)C(CC(C)C)n2cc(CCN(C)C)c(C(F)(F)F)cc2=S)c1. The minimum atomic E-state index is -4.55. The molecule has 50 heavy (non-hydrogen) atoms. The number of aromatic amines is 1. The molecular weight excluding hydrogens is 664 g/mol. The van der Waals surface area contributed by atoms with E-state index in [1.165, 1.54) is 10.8 Å². The molecule has 266 valence electrons. The molecule has 0 bridgehead atoms. The molecule has 0 aliphatic heterocycles. The molecule has 0 radical (unpaired) electrons. The molecule has 0 spiro atoms. The van der Waals surface area contributed by atoms with Crippen LogP contribution >= 0.6 is 12.2 Å². The summed E-state index contributed by atoms with van der Waals surface area (Å²) in [4.78, 5) is 32.7. The molecule has 8 nitrogen and oxygen atoms in total. The molecule has 1 amide bonds. The van der Waals surface area contributed by atoms with Gasteiger partial charge >= 0.3 is 6.18 Å². The minimum absolute atomic E-state index is 0.0328. The number of pyridine rings is 2. The number of halogens is 3. The number of H-pyrrole nitrogens is 1. The number of nitrogens with one attached hydrogen (secondary N) is 2. The number of carbonyl (C=O) groups excluding carboxylic acids is 1. The third kappa shape index (κ3) is 10.5.